The maximum atomic E-state index is 12.4. The molecular formula is C18H25N3O3. The Balaban J connectivity index is 1.47. The van der Waals surface area contributed by atoms with E-state index in [9.17, 15) is 9.59 Å². The van der Waals surface area contributed by atoms with Gasteiger partial charge in [0.05, 0.1) is 0 Å². The minimum absolute atomic E-state index is 0.0646. The number of urea groups is 1. The molecule has 0 radical (unpaired) electrons. The van der Waals surface area contributed by atoms with Crippen molar-refractivity contribution in [3.05, 3.63) is 35.9 Å². The van der Waals surface area contributed by atoms with Crippen LogP contribution in [0.25, 0.3) is 0 Å². The van der Waals surface area contributed by atoms with Crippen LogP contribution < -0.4 is 5.32 Å². The van der Waals surface area contributed by atoms with Gasteiger partial charge in [0.2, 0.25) is 0 Å². The smallest absolute Gasteiger partial charge is 0.317 e. The lowest BCUT2D eigenvalue weighted by Gasteiger charge is -2.24. The number of hydrogen-bond acceptors (Lipinski definition) is 3. The van der Waals surface area contributed by atoms with Crippen LogP contribution in [-0.2, 0) is 16.1 Å². The predicted molar refractivity (Wildman–Crippen MR) is 90.4 cm³/mol. The first-order valence-electron chi connectivity index (χ1n) is 8.71. The van der Waals surface area contributed by atoms with E-state index in [1.165, 1.54) is 0 Å². The van der Waals surface area contributed by atoms with E-state index < -0.39 is 0 Å². The maximum absolute atomic E-state index is 12.4. The second kappa shape index (κ2) is 8.15. The summed E-state index contributed by atoms with van der Waals surface area (Å²) in [6.07, 6.45) is 2.30. The lowest BCUT2D eigenvalue weighted by atomic mass is 10.2. The SMILES string of the molecule is O=C(NCc1ccccc1)N1CCCN(C(=O)C2CCCO2)CC1. The highest BCUT2D eigenvalue weighted by Crippen LogP contribution is 2.16. The highest BCUT2D eigenvalue weighted by Gasteiger charge is 2.30. The molecule has 0 bridgehead atoms. The zero-order valence-electron chi connectivity index (χ0n) is 13.9. The van der Waals surface area contributed by atoms with Gasteiger partial charge in [-0.25, -0.2) is 4.79 Å². The van der Waals surface area contributed by atoms with Crippen molar-refractivity contribution >= 4 is 11.9 Å². The van der Waals surface area contributed by atoms with Crippen molar-refractivity contribution in [2.75, 3.05) is 32.8 Å². The van der Waals surface area contributed by atoms with Gasteiger partial charge in [-0.3, -0.25) is 4.79 Å². The number of amides is 3. The maximum Gasteiger partial charge on any atom is 0.317 e. The van der Waals surface area contributed by atoms with E-state index in [4.69, 9.17) is 4.74 Å². The summed E-state index contributed by atoms with van der Waals surface area (Å²) in [7, 11) is 0. The van der Waals surface area contributed by atoms with Gasteiger partial charge in [-0.2, -0.15) is 0 Å². The lowest BCUT2D eigenvalue weighted by molar-refractivity contribution is -0.140. The number of hydrogen-bond donors (Lipinski definition) is 1. The van der Waals surface area contributed by atoms with Crippen LogP contribution in [0.1, 0.15) is 24.8 Å². The molecule has 130 valence electrons. The third-order valence-corrected chi connectivity index (χ3v) is 4.59. The quantitative estimate of drug-likeness (QED) is 0.915. The van der Waals surface area contributed by atoms with Gasteiger partial charge in [-0.05, 0) is 24.8 Å². The number of rotatable bonds is 3. The van der Waals surface area contributed by atoms with Crippen molar-refractivity contribution in [3.63, 3.8) is 0 Å². The molecule has 3 rings (SSSR count). The molecule has 3 amide bonds. The molecule has 1 aromatic carbocycles. The standard InChI is InChI=1S/C18H25N3O3/c22-17(16-8-4-13-24-16)20-9-5-10-21(12-11-20)18(23)19-14-15-6-2-1-3-7-15/h1-3,6-7,16H,4-5,8-14H2,(H,19,23). The predicted octanol–water partition coefficient (Wildman–Crippen LogP) is 1.61. The fraction of sp³-hybridized carbons (Fsp3) is 0.556. The Labute approximate surface area is 142 Å². The lowest BCUT2D eigenvalue weighted by Crippen LogP contribution is -2.44. The first-order chi connectivity index (χ1) is 11.7. The highest BCUT2D eigenvalue weighted by atomic mass is 16.5. The van der Waals surface area contributed by atoms with E-state index in [0.717, 1.165) is 24.8 Å². The number of nitrogens with one attached hydrogen (secondary N) is 1. The van der Waals surface area contributed by atoms with Crippen LogP contribution in [0.4, 0.5) is 4.79 Å². The molecule has 24 heavy (non-hydrogen) atoms. The second-order valence-corrected chi connectivity index (χ2v) is 6.31. The Morgan fingerprint density at radius 1 is 1.04 bits per heavy atom. The summed E-state index contributed by atoms with van der Waals surface area (Å²) in [5.41, 5.74) is 1.08. The molecule has 1 N–H and O–H groups in total. The van der Waals surface area contributed by atoms with Gasteiger partial charge < -0.3 is 19.9 Å². The topological polar surface area (TPSA) is 61.9 Å². The van der Waals surface area contributed by atoms with E-state index in [1.807, 2.05) is 35.2 Å². The van der Waals surface area contributed by atoms with Gasteiger partial charge in [0.1, 0.15) is 6.10 Å². The molecule has 2 saturated heterocycles. The van der Waals surface area contributed by atoms with E-state index in [2.05, 4.69) is 5.32 Å². The molecular weight excluding hydrogens is 306 g/mol. The molecule has 2 aliphatic rings. The van der Waals surface area contributed by atoms with Gasteiger partial charge in [-0.15, -0.1) is 0 Å². The average molecular weight is 331 g/mol. The van der Waals surface area contributed by atoms with Crippen LogP contribution >= 0.6 is 0 Å². The third kappa shape index (κ3) is 4.26. The monoisotopic (exact) mass is 331 g/mol. The molecule has 1 atom stereocenters. The van der Waals surface area contributed by atoms with Crippen LogP contribution in [0.5, 0.6) is 0 Å². The highest BCUT2D eigenvalue weighted by molar-refractivity contribution is 5.81. The normalized spacial score (nSPS) is 21.4. The summed E-state index contributed by atoms with van der Waals surface area (Å²) >= 11 is 0. The molecule has 0 aliphatic carbocycles. The van der Waals surface area contributed by atoms with Crippen molar-refractivity contribution < 1.29 is 14.3 Å². The summed E-state index contributed by atoms with van der Waals surface area (Å²) in [5, 5.41) is 2.95. The van der Waals surface area contributed by atoms with Crippen molar-refractivity contribution in [2.45, 2.75) is 31.9 Å². The molecule has 1 aromatic rings. The fourth-order valence-electron chi connectivity index (χ4n) is 3.20. The van der Waals surface area contributed by atoms with Gasteiger partial charge >= 0.3 is 6.03 Å². The molecule has 0 spiro atoms. The number of benzene rings is 1. The Morgan fingerprint density at radius 2 is 1.79 bits per heavy atom. The number of carbonyl (C=O) groups is 2. The summed E-state index contributed by atoms with van der Waals surface area (Å²) in [6.45, 7) is 3.72. The van der Waals surface area contributed by atoms with Gasteiger partial charge in [0.15, 0.2) is 0 Å². The van der Waals surface area contributed by atoms with Crippen LogP contribution in [0, 0.1) is 0 Å². The first kappa shape index (κ1) is 16.8. The molecule has 1 unspecified atom stereocenters. The Bertz CT molecular complexity index is 558. The number of nitrogens with zero attached hydrogens (tertiary/aromatic N) is 2. The Kier molecular flexibility index (Phi) is 5.69. The van der Waals surface area contributed by atoms with Crippen molar-refractivity contribution in [1.29, 1.82) is 0 Å². The minimum Gasteiger partial charge on any atom is -0.368 e. The summed E-state index contributed by atoms with van der Waals surface area (Å²) in [6, 6.07) is 9.80. The molecule has 0 aromatic heterocycles. The number of carbonyl (C=O) groups excluding carboxylic acids is 2. The fourth-order valence-corrected chi connectivity index (χ4v) is 3.20. The molecule has 2 aliphatic heterocycles. The van der Waals surface area contributed by atoms with Crippen molar-refractivity contribution in [1.82, 2.24) is 15.1 Å². The zero-order chi connectivity index (χ0) is 16.8. The summed E-state index contributed by atoms with van der Waals surface area (Å²) < 4.78 is 5.49. The molecule has 6 nitrogen and oxygen atoms in total. The second-order valence-electron chi connectivity index (χ2n) is 6.31. The van der Waals surface area contributed by atoms with Crippen LogP contribution in [0.2, 0.25) is 0 Å². The largest absolute Gasteiger partial charge is 0.368 e. The molecule has 6 heteroatoms. The van der Waals surface area contributed by atoms with Gasteiger partial charge in [0.25, 0.3) is 5.91 Å². The third-order valence-electron chi connectivity index (χ3n) is 4.59. The summed E-state index contributed by atoms with van der Waals surface area (Å²) in [5.74, 6) is 0.0824. The first-order valence-corrected chi connectivity index (χ1v) is 8.71. The van der Waals surface area contributed by atoms with E-state index in [-0.39, 0.29) is 18.0 Å². The Morgan fingerprint density at radius 3 is 2.54 bits per heavy atom. The van der Waals surface area contributed by atoms with Gasteiger partial charge in [0, 0.05) is 39.3 Å². The van der Waals surface area contributed by atoms with E-state index >= 15 is 0 Å². The van der Waals surface area contributed by atoms with Crippen LogP contribution in [-0.4, -0.2) is 60.6 Å². The van der Waals surface area contributed by atoms with E-state index in [0.29, 0.717) is 39.3 Å². The van der Waals surface area contributed by atoms with Crippen LogP contribution in [0.15, 0.2) is 30.3 Å². The average Bonchev–Trinajstić information content (AvgIpc) is 3.04. The molecule has 2 heterocycles. The number of ether oxygens (including phenoxy) is 1. The molecule has 0 saturated carbocycles. The van der Waals surface area contributed by atoms with E-state index in [1.54, 1.807) is 4.90 Å². The Hall–Kier alpha value is -2.08. The molecule has 2 fully saturated rings. The van der Waals surface area contributed by atoms with Crippen molar-refractivity contribution in [3.8, 4) is 0 Å². The van der Waals surface area contributed by atoms with Crippen LogP contribution in [0.3, 0.4) is 0 Å². The van der Waals surface area contributed by atoms with Gasteiger partial charge in [-0.1, -0.05) is 30.3 Å². The minimum atomic E-state index is -0.275. The summed E-state index contributed by atoms with van der Waals surface area (Å²) in [4.78, 5) is 28.4. The van der Waals surface area contributed by atoms with Crippen molar-refractivity contribution in [2.24, 2.45) is 0 Å². The zero-order valence-corrected chi connectivity index (χ0v) is 13.9.